The number of piperazine rings is 1. The number of hydrogen-bond donors (Lipinski definition) is 1. The first kappa shape index (κ1) is 15.7. The fourth-order valence-corrected chi connectivity index (χ4v) is 4.66. The summed E-state index contributed by atoms with van der Waals surface area (Å²) in [6.45, 7) is 4.45. The van der Waals surface area contributed by atoms with Crippen LogP contribution in [0.1, 0.15) is 44.9 Å². The van der Waals surface area contributed by atoms with Crippen LogP contribution in [0.4, 0.5) is 0 Å². The zero-order valence-corrected chi connectivity index (χ0v) is 13.9. The Morgan fingerprint density at radius 1 is 1.24 bits per heavy atom. The summed E-state index contributed by atoms with van der Waals surface area (Å²) in [5.74, 6) is 0.664. The number of likely N-dealkylation sites (N-methyl/N-ethyl adjacent to an activating group) is 2. The summed E-state index contributed by atoms with van der Waals surface area (Å²) in [7, 11) is 4.49. The fourth-order valence-electron chi connectivity index (χ4n) is 4.66. The van der Waals surface area contributed by atoms with E-state index in [4.69, 9.17) is 10.5 Å². The van der Waals surface area contributed by atoms with E-state index >= 15 is 0 Å². The molecule has 122 valence electrons. The first-order chi connectivity index (χ1) is 10.1. The van der Waals surface area contributed by atoms with Crippen LogP contribution in [0.3, 0.4) is 0 Å². The molecule has 3 atom stereocenters. The van der Waals surface area contributed by atoms with E-state index < -0.39 is 0 Å². The van der Waals surface area contributed by atoms with Crippen molar-refractivity contribution in [2.24, 2.45) is 11.7 Å². The van der Waals surface area contributed by atoms with Crippen LogP contribution in [0.5, 0.6) is 0 Å². The molecule has 1 saturated carbocycles. The molecular formula is C17H33N3O. The number of ether oxygens (including phenoxy) is 1. The molecule has 4 nitrogen and oxygen atoms in total. The molecule has 2 aliphatic heterocycles. The largest absolute Gasteiger partial charge is 0.375 e. The summed E-state index contributed by atoms with van der Waals surface area (Å²) in [5, 5.41) is 0. The normalized spacial score (nSPS) is 36.1. The molecule has 21 heavy (non-hydrogen) atoms. The maximum atomic E-state index is 6.64. The van der Waals surface area contributed by atoms with Gasteiger partial charge in [-0.15, -0.1) is 0 Å². The molecule has 0 amide bonds. The van der Waals surface area contributed by atoms with Crippen LogP contribution in [0.25, 0.3) is 0 Å². The molecule has 2 heterocycles. The summed E-state index contributed by atoms with van der Waals surface area (Å²) in [6.07, 6.45) is 8.73. The molecule has 1 aliphatic carbocycles. The Bertz CT molecular complexity index is 343. The van der Waals surface area contributed by atoms with Crippen molar-refractivity contribution in [2.75, 3.05) is 40.3 Å². The van der Waals surface area contributed by atoms with Crippen LogP contribution >= 0.6 is 0 Å². The molecule has 3 fully saturated rings. The van der Waals surface area contributed by atoms with Gasteiger partial charge in [-0.05, 0) is 52.1 Å². The molecule has 0 aromatic carbocycles. The molecule has 3 aliphatic rings. The van der Waals surface area contributed by atoms with Crippen molar-refractivity contribution in [1.29, 1.82) is 0 Å². The molecular weight excluding hydrogens is 262 g/mol. The van der Waals surface area contributed by atoms with Gasteiger partial charge in [0.1, 0.15) is 0 Å². The summed E-state index contributed by atoms with van der Waals surface area (Å²) >= 11 is 0. The van der Waals surface area contributed by atoms with Gasteiger partial charge in [-0.2, -0.15) is 0 Å². The Morgan fingerprint density at radius 3 is 2.76 bits per heavy atom. The van der Waals surface area contributed by atoms with Crippen LogP contribution < -0.4 is 5.73 Å². The fraction of sp³-hybridized carbons (Fsp3) is 1.00. The monoisotopic (exact) mass is 295 g/mol. The summed E-state index contributed by atoms with van der Waals surface area (Å²) in [4.78, 5) is 4.95. The molecule has 3 rings (SSSR count). The van der Waals surface area contributed by atoms with E-state index in [1.54, 1.807) is 0 Å². The standard InChI is InChI=1S/C17H33N3O/c1-19-8-9-20(2)15(13-19)11-16(18)14-5-10-21-17(12-14)6-3-4-7-17/h14-16H,3-13,18H2,1-2H3. The Morgan fingerprint density at radius 2 is 2.00 bits per heavy atom. The Labute approximate surface area is 130 Å². The lowest BCUT2D eigenvalue weighted by atomic mass is 9.79. The van der Waals surface area contributed by atoms with Gasteiger partial charge in [0.05, 0.1) is 5.60 Å². The minimum Gasteiger partial charge on any atom is -0.375 e. The van der Waals surface area contributed by atoms with Crippen molar-refractivity contribution in [3.63, 3.8) is 0 Å². The lowest BCUT2D eigenvalue weighted by Gasteiger charge is -2.43. The minimum atomic E-state index is 0.204. The number of nitrogens with zero attached hydrogens (tertiary/aromatic N) is 2. The van der Waals surface area contributed by atoms with E-state index in [9.17, 15) is 0 Å². The molecule has 3 unspecified atom stereocenters. The molecule has 4 heteroatoms. The Balaban J connectivity index is 1.55. The van der Waals surface area contributed by atoms with Crippen LogP contribution in [0.2, 0.25) is 0 Å². The van der Waals surface area contributed by atoms with E-state index in [0.29, 0.717) is 18.0 Å². The highest BCUT2D eigenvalue weighted by Crippen LogP contribution is 2.43. The molecule has 2 saturated heterocycles. The van der Waals surface area contributed by atoms with E-state index in [1.807, 2.05) is 0 Å². The molecule has 2 N–H and O–H groups in total. The van der Waals surface area contributed by atoms with Gasteiger partial charge in [-0.1, -0.05) is 12.8 Å². The van der Waals surface area contributed by atoms with Crippen LogP contribution in [-0.4, -0.2) is 67.8 Å². The van der Waals surface area contributed by atoms with Gasteiger partial charge in [0.15, 0.2) is 0 Å². The van der Waals surface area contributed by atoms with Crippen molar-refractivity contribution in [2.45, 2.75) is 62.6 Å². The average molecular weight is 295 g/mol. The smallest absolute Gasteiger partial charge is 0.0685 e. The third-order valence-electron chi connectivity index (χ3n) is 6.18. The first-order valence-electron chi connectivity index (χ1n) is 8.86. The Kier molecular flexibility index (Phi) is 4.89. The van der Waals surface area contributed by atoms with Gasteiger partial charge < -0.3 is 20.3 Å². The third kappa shape index (κ3) is 3.61. The quantitative estimate of drug-likeness (QED) is 0.860. The highest BCUT2D eigenvalue weighted by Gasteiger charge is 2.41. The van der Waals surface area contributed by atoms with Crippen LogP contribution in [0, 0.1) is 5.92 Å². The zero-order chi connectivity index (χ0) is 14.9. The maximum Gasteiger partial charge on any atom is 0.0685 e. The average Bonchev–Trinajstić information content (AvgIpc) is 2.91. The lowest BCUT2D eigenvalue weighted by molar-refractivity contribution is -0.0975. The van der Waals surface area contributed by atoms with Gasteiger partial charge >= 0.3 is 0 Å². The second-order valence-corrected chi connectivity index (χ2v) is 7.79. The van der Waals surface area contributed by atoms with Crippen LogP contribution in [-0.2, 0) is 4.74 Å². The van der Waals surface area contributed by atoms with Gasteiger partial charge in [0.25, 0.3) is 0 Å². The predicted octanol–water partition coefficient (Wildman–Crippen LogP) is 1.69. The van der Waals surface area contributed by atoms with Gasteiger partial charge in [0, 0.05) is 38.3 Å². The number of rotatable bonds is 3. The number of hydrogen-bond acceptors (Lipinski definition) is 4. The molecule has 0 bridgehead atoms. The molecule has 1 spiro atoms. The van der Waals surface area contributed by atoms with E-state index in [1.165, 1.54) is 51.7 Å². The predicted molar refractivity (Wildman–Crippen MR) is 86.4 cm³/mol. The van der Waals surface area contributed by atoms with Crippen molar-refractivity contribution < 1.29 is 4.74 Å². The topological polar surface area (TPSA) is 41.7 Å². The highest BCUT2D eigenvalue weighted by molar-refractivity contribution is 4.95. The van der Waals surface area contributed by atoms with Crippen LogP contribution in [0.15, 0.2) is 0 Å². The van der Waals surface area contributed by atoms with E-state index in [0.717, 1.165) is 19.4 Å². The second-order valence-electron chi connectivity index (χ2n) is 7.79. The maximum absolute atomic E-state index is 6.64. The zero-order valence-electron chi connectivity index (χ0n) is 13.9. The summed E-state index contributed by atoms with van der Waals surface area (Å²) < 4.78 is 6.16. The van der Waals surface area contributed by atoms with Gasteiger partial charge in [-0.3, -0.25) is 0 Å². The van der Waals surface area contributed by atoms with Crippen molar-refractivity contribution in [3.8, 4) is 0 Å². The van der Waals surface area contributed by atoms with Gasteiger partial charge in [-0.25, -0.2) is 0 Å². The third-order valence-corrected chi connectivity index (χ3v) is 6.18. The molecule has 0 radical (unpaired) electrons. The van der Waals surface area contributed by atoms with Crippen molar-refractivity contribution in [3.05, 3.63) is 0 Å². The minimum absolute atomic E-state index is 0.204. The Hall–Kier alpha value is -0.160. The summed E-state index contributed by atoms with van der Waals surface area (Å²) in [6, 6.07) is 0.964. The SMILES string of the molecule is CN1CCN(C)C(CC(N)C2CCOC3(CCCC3)C2)C1. The van der Waals surface area contributed by atoms with E-state index in [-0.39, 0.29) is 5.60 Å². The first-order valence-corrected chi connectivity index (χ1v) is 8.86. The molecule has 0 aromatic rings. The number of nitrogens with two attached hydrogens (primary N) is 1. The highest BCUT2D eigenvalue weighted by atomic mass is 16.5. The van der Waals surface area contributed by atoms with E-state index in [2.05, 4.69) is 23.9 Å². The van der Waals surface area contributed by atoms with Crippen molar-refractivity contribution >= 4 is 0 Å². The molecule has 0 aromatic heterocycles. The second kappa shape index (κ2) is 6.53. The summed E-state index contributed by atoms with van der Waals surface area (Å²) in [5.41, 5.74) is 6.84. The van der Waals surface area contributed by atoms with Crippen molar-refractivity contribution in [1.82, 2.24) is 9.80 Å². The lowest BCUT2D eigenvalue weighted by Crippen LogP contribution is -2.53. The van der Waals surface area contributed by atoms with Gasteiger partial charge in [0.2, 0.25) is 0 Å².